The summed E-state index contributed by atoms with van der Waals surface area (Å²) in [5.74, 6) is 0.743. The van der Waals surface area contributed by atoms with E-state index < -0.39 is 6.10 Å². The van der Waals surface area contributed by atoms with Gasteiger partial charge in [-0.15, -0.1) is 0 Å². The van der Waals surface area contributed by atoms with Crippen LogP contribution in [0.4, 0.5) is 0 Å². The number of rotatable bonds is 7. The van der Waals surface area contributed by atoms with Crippen LogP contribution in [0.1, 0.15) is 36.5 Å². The maximum absolute atomic E-state index is 12.3. The first-order valence-electron chi connectivity index (χ1n) is 9.38. The number of hydrogen-bond donors (Lipinski definition) is 1. The predicted molar refractivity (Wildman–Crippen MR) is 104 cm³/mol. The largest absolute Gasteiger partial charge is 0.481 e. The number of likely N-dealkylation sites (tertiary alicyclic amines) is 1. The highest BCUT2D eigenvalue weighted by Gasteiger charge is 2.20. The molecule has 1 N–H and O–H groups in total. The van der Waals surface area contributed by atoms with E-state index in [1.807, 2.05) is 60.4 Å². The fourth-order valence-electron chi connectivity index (χ4n) is 3.14. The molecule has 1 atom stereocenters. The molecule has 2 amide bonds. The molecule has 0 saturated carbocycles. The third kappa shape index (κ3) is 5.33. The molecule has 27 heavy (non-hydrogen) atoms. The van der Waals surface area contributed by atoms with Gasteiger partial charge in [-0.3, -0.25) is 9.59 Å². The van der Waals surface area contributed by atoms with Crippen molar-refractivity contribution in [1.82, 2.24) is 10.2 Å². The number of amides is 2. The molecular weight excluding hydrogens is 340 g/mol. The zero-order valence-corrected chi connectivity index (χ0v) is 15.9. The van der Waals surface area contributed by atoms with Crippen LogP contribution in [0, 0.1) is 6.92 Å². The normalized spacial score (nSPS) is 14.9. The van der Waals surface area contributed by atoms with Gasteiger partial charge in [-0.25, -0.2) is 0 Å². The minimum Gasteiger partial charge on any atom is -0.481 e. The number of aryl methyl sites for hydroxylation is 1. The van der Waals surface area contributed by atoms with Gasteiger partial charge in [0.15, 0.2) is 6.10 Å². The number of hydrogen-bond acceptors (Lipinski definition) is 3. The van der Waals surface area contributed by atoms with E-state index in [2.05, 4.69) is 5.32 Å². The van der Waals surface area contributed by atoms with Crippen LogP contribution < -0.4 is 10.1 Å². The lowest BCUT2D eigenvalue weighted by Gasteiger charge is -2.17. The fraction of sp³-hybridized carbons (Fsp3) is 0.364. The summed E-state index contributed by atoms with van der Waals surface area (Å²) in [6.45, 7) is 5.64. The first kappa shape index (κ1) is 19.0. The molecule has 2 aromatic carbocycles. The smallest absolute Gasteiger partial charge is 0.261 e. The minimum atomic E-state index is -0.571. The van der Waals surface area contributed by atoms with Crippen molar-refractivity contribution in [2.75, 3.05) is 6.54 Å². The molecule has 5 heteroatoms. The van der Waals surface area contributed by atoms with Crippen molar-refractivity contribution in [2.45, 2.75) is 45.9 Å². The van der Waals surface area contributed by atoms with Crippen molar-refractivity contribution in [3.8, 4) is 5.75 Å². The third-order valence-corrected chi connectivity index (χ3v) is 4.71. The summed E-state index contributed by atoms with van der Waals surface area (Å²) in [5.41, 5.74) is 3.24. The zero-order chi connectivity index (χ0) is 19.2. The van der Waals surface area contributed by atoms with Crippen molar-refractivity contribution in [3.63, 3.8) is 0 Å². The van der Waals surface area contributed by atoms with Crippen LogP contribution in [0.15, 0.2) is 48.5 Å². The predicted octanol–water partition coefficient (Wildman–Crippen LogP) is 3.20. The summed E-state index contributed by atoms with van der Waals surface area (Å²) >= 11 is 0. The Bertz CT molecular complexity index is 801. The van der Waals surface area contributed by atoms with Crippen LogP contribution in [0.25, 0.3) is 0 Å². The molecule has 1 fully saturated rings. The molecule has 0 spiro atoms. The highest BCUT2D eigenvalue weighted by molar-refractivity contribution is 5.80. The number of carbonyl (C=O) groups is 2. The summed E-state index contributed by atoms with van der Waals surface area (Å²) in [5, 5.41) is 2.92. The van der Waals surface area contributed by atoms with Crippen LogP contribution in [0.2, 0.25) is 0 Å². The maximum Gasteiger partial charge on any atom is 0.261 e. The summed E-state index contributed by atoms with van der Waals surface area (Å²) in [7, 11) is 0. The molecule has 5 nitrogen and oxygen atoms in total. The summed E-state index contributed by atoms with van der Waals surface area (Å²) in [6, 6.07) is 15.6. The Kier molecular flexibility index (Phi) is 6.12. The SMILES string of the molecule is Cc1ccc(OC(C)C(=O)NCc2cccc(CN3CCCC3=O)c2)cc1. The molecule has 0 radical (unpaired) electrons. The highest BCUT2D eigenvalue weighted by atomic mass is 16.5. The van der Waals surface area contributed by atoms with Gasteiger partial charge in [0.2, 0.25) is 5.91 Å². The van der Waals surface area contributed by atoms with E-state index in [1.165, 1.54) is 0 Å². The van der Waals surface area contributed by atoms with E-state index >= 15 is 0 Å². The first-order valence-corrected chi connectivity index (χ1v) is 9.38. The van der Waals surface area contributed by atoms with Gasteiger partial charge in [-0.2, -0.15) is 0 Å². The van der Waals surface area contributed by atoms with Crippen LogP contribution >= 0.6 is 0 Å². The first-order chi connectivity index (χ1) is 13.0. The Hall–Kier alpha value is -2.82. The van der Waals surface area contributed by atoms with E-state index in [1.54, 1.807) is 6.92 Å². The number of benzene rings is 2. The molecule has 1 aliphatic rings. The number of ether oxygens (including phenoxy) is 1. The standard InChI is InChI=1S/C22H26N2O3/c1-16-8-10-20(11-9-16)27-17(2)22(26)23-14-18-5-3-6-19(13-18)15-24-12-4-7-21(24)25/h3,5-6,8-11,13,17H,4,7,12,14-15H2,1-2H3,(H,23,26). The molecule has 142 valence electrons. The molecular formula is C22H26N2O3. The van der Waals surface area contributed by atoms with Crippen molar-refractivity contribution >= 4 is 11.8 Å². The van der Waals surface area contributed by atoms with Crippen molar-refractivity contribution in [2.24, 2.45) is 0 Å². The summed E-state index contributed by atoms with van der Waals surface area (Å²) in [4.78, 5) is 26.0. The molecule has 1 heterocycles. The lowest BCUT2D eigenvalue weighted by atomic mass is 10.1. The molecule has 1 saturated heterocycles. The second-order valence-electron chi connectivity index (χ2n) is 7.03. The van der Waals surface area contributed by atoms with Crippen LogP contribution in [0.3, 0.4) is 0 Å². The lowest BCUT2D eigenvalue weighted by Crippen LogP contribution is -2.35. The Labute approximate surface area is 160 Å². The number of carbonyl (C=O) groups excluding carboxylic acids is 2. The van der Waals surface area contributed by atoms with Gasteiger partial charge in [0, 0.05) is 26.1 Å². The Morgan fingerprint density at radius 3 is 2.63 bits per heavy atom. The van der Waals surface area contributed by atoms with E-state index in [4.69, 9.17) is 4.74 Å². The molecule has 0 aromatic heterocycles. The molecule has 0 aliphatic carbocycles. The lowest BCUT2D eigenvalue weighted by molar-refractivity contribution is -0.128. The molecule has 3 rings (SSSR count). The van der Waals surface area contributed by atoms with Crippen LogP contribution in [-0.4, -0.2) is 29.4 Å². The average Bonchev–Trinajstić information content (AvgIpc) is 3.06. The van der Waals surface area contributed by atoms with Crippen molar-refractivity contribution < 1.29 is 14.3 Å². The second kappa shape index (κ2) is 8.71. The topological polar surface area (TPSA) is 58.6 Å². The van der Waals surface area contributed by atoms with Gasteiger partial charge in [0.05, 0.1) is 0 Å². The Morgan fingerprint density at radius 1 is 1.19 bits per heavy atom. The van der Waals surface area contributed by atoms with Gasteiger partial charge in [0.1, 0.15) is 5.75 Å². The third-order valence-electron chi connectivity index (χ3n) is 4.71. The zero-order valence-electron chi connectivity index (χ0n) is 15.9. The van der Waals surface area contributed by atoms with Crippen LogP contribution in [-0.2, 0) is 22.7 Å². The van der Waals surface area contributed by atoms with E-state index in [0.717, 1.165) is 29.7 Å². The van der Waals surface area contributed by atoms with Gasteiger partial charge >= 0.3 is 0 Å². The Balaban J connectivity index is 1.51. The fourth-order valence-corrected chi connectivity index (χ4v) is 3.14. The highest BCUT2D eigenvalue weighted by Crippen LogP contribution is 2.16. The summed E-state index contributed by atoms with van der Waals surface area (Å²) in [6.07, 6.45) is 1.01. The van der Waals surface area contributed by atoms with Gasteiger partial charge in [-0.05, 0) is 43.5 Å². The summed E-state index contributed by atoms with van der Waals surface area (Å²) < 4.78 is 5.69. The van der Waals surface area contributed by atoms with E-state index in [-0.39, 0.29) is 11.8 Å². The molecule has 2 aromatic rings. The van der Waals surface area contributed by atoms with Crippen molar-refractivity contribution in [3.05, 3.63) is 65.2 Å². The maximum atomic E-state index is 12.3. The monoisotopic (exact) mass is 366 g/mol. The van der Waals surface area contributed by atoms with Gasteiger partial charge in [-0.1, -0.05) is 42.0 Å². The minimum absolute atomic E-state index is 0.157. The molecule has 1 aliphatic heterocycles. The van der Waals surface area contributed by atoms with Crippen molar-refractivity contribution in [1.29, 1.82) is 0 Å². The number of nitrogens with one attached hydrogen (secondary N) is 1. The second-order valence-corrected chi connectivity index (χ2v) is 7.03. The molecule has 0 bridgehead atoms. The quantitative estimate of drug-likeness (QED) is 0.819. The van der Waals surface area contributed by atoms with Gasteiger partial charge in [0.25, 0.3) is 5.91 Å². The van der Waals surface area contributed by atoms with E-state index in [0.29, 0.717) is 25.3 Å². The Morgan fingerprint density at radius 2 is 1.93 bits per heavy atom. The van der Waals surface area contributed by atoms with Gasteiger partial charge < -0.3 is 15.0 Å². The van der Waals surface area contributed by atoms with Crippen LogP contribution in [0.5, 0.6) is 5.75 Å². The average molecular weight is 366 g/mol. The molecule has 1 unspecified atom stereocenters. The number of nitrogens with zero attached hydrogens (tertiary/aromatic N) is 1. The van der Waals surface area contributed by atoms with E-state index in [9.17, 15) is 9.59 Å².